The zero-order chi connectivity index (χ0) is 22.2. The number of hydrogen-bond donors (Lipinski definition) is 1. The number of ether oxygens (including phenoxy) is 2. The van der Waals surface area contributed by atoms with Gasteiger partial charge in [0.1, 0.15) is 6.61 Å². The molecule has 0 spiro atoms. The van der Waals surface area contributed by atoms with Gasteiger partial charge in [-0.05, 0) is 66.6 Å². The van der Waals surface area contributed by atoms with Crippen molar-refractivity contribution in [1.29, 1.82) is 0 Å². The van der Waals surface area contributed by atoms with Crippen molar-refractivity contribution < 1.29 is 14.3 Å². The molecule has 0 fully saturated rings. The third kappa shape index (κ3) is 6.72. The number of amides is 1. The van der Waals surface area contributed by atoms with E-state index >= 15 is 0 Å². The van der Waals surface area contributed by atoms with Crippen LogP contribution < -0.4 is 14.9 Å². The lowest BCUT2D eigenvalue weighted by molar-refractivity contribution is 0.0955. The number of carbonyl (C=O) groups is 1. The van der Waals surface area contributed by atoms with Crippen LogP contribution >= 0.6 is 39.1 Å². The van der Waals surface area contributed by atoms with Crippen molar-refractivity contribution in [2.45, 2.75) is 13.5 Å². The number of benzene rings is 3. The molecule has 0 saturated carbocycles. The van der Waals surface area contributed by atoms with Crippen LogP contribution in [0.5, 0.6) is 11.5 Å². The topological polar surface area (TPSA) is 59.9 Å². The van der Waals surface area contributed by atoms with Gasteiger partial charge in [-0.3, -0.25) is 4.79 Å². The van der Waals surface area contributed by atoms with Gasteiger partial charge in [-0.2, -0.15) is 5.10 Å². The van der Waals surface area contributed by atoms with Gasteiger partial charge in [0.05, 0.1) is 22.9 Å². The van der Waals surface area contributed by atoms with Gasteiger partial charge in [-0.15, -0.1) is 0 Å². The molecular formula is C23H19BrCl2N2O3. The second-order valence-electron chi connectivity index (χ2n) is 6.39. The second-order valence-corrected chi connectivity index (χ2v) is 8.12. The van der Waals surface area contributed by atoms with Gasteiger partial charge in [0, 0.05) is 10.0 Å². The second kappa shape index (κ2) is 11.2. The Morgan fingerprint density at radius 1 is 1.03 bits per heavy atom. The summed E-state index contributed by atoms with van der Waals surface area (Å²) < 4.78 is 12.4. The lowest BCUT2D eigenvalue weighted by atomic mass is 10.2. The number of nitrogens with one attached hydrogen (secondary N) is 1. The highest BCUT2D eigenvalue weighted by molar-refractivity contribution is 9.10. The number of rotatable bonds is 8. The van der Waals surface area contributed by atoms with Crippen LogP contribution in [0.3, 0.4) is 0 Å². The average molecular weight is 522 g/mol. The van der Waals surface area contributed by atoms with Gasteiger partial charge in [-0.25, -0.2) is 5.43 Å². The molecule has 0 unspecified atom stereocenters. The van der Waals surface area contributed by atoms with Crippen LogP contribution in [0.4, 0.5) is 0 Å². The van der Waals surface area contributed by atoms with Gasteiger partial charge < -0.3 is 9.47 Å². The van der Waals surface area contributed by atoms with Crippen LogP contribution in [0.1, 0.15) is 28.4 Å². The van der Waals surface area contributed by atoms with Crippen LogP contribution in [-0.4, -0.2) is 18.7 Å². The molecule has 3 aromatic rings. The molecule has 0 aliphatic carbocycles. The molecule has 0 aliphatic heterocycles. The van der Waals surface area contributed by atoms with Crippen molar-refractivity contribution in [3.05, 3.63) is 91.9 Å². The Morgan fingerprint density at radius 2 is 1.87 bits per heavy atom. The molecule has 0 aromatic heterocycles. The monoisotopic (exact) mass is 520 g/mol. The first-order valence-electron chi connectivity index (χ1n) is 9.39. The Kier molecular flexibility index (Phi) is 8.35. The zero-order valence-corrected chi connectivity index (χ0v) is 19.7. The summed E-state index contributed by atoms with van der Waals surface area (Å²) in [7, 11) is 0. The molecule has 1 amide bonds. The third-order valence-electron chi connectivity index (χ3n) is 4.11. The van der Waals surface area contributed by atoms with E-state index in [0.717, 1.165) is 15.6 Å². The van der Waals surface area contributed by atoms with E-state index < -0.39 is 0 Å². The van der Waals surface area contributed by atoms with E-state index in [-0.39, 0.29) is 5.91 Å². The molecule has 0 radical (unpaired) electrons. The molecule has 8 heteroatoms. The smallest absolute Gasteiger partial charge is 0.271 e. The van der Waals surface area contributed by atoms with E-state index in [2.05, 4.69) is 26.5 Å². The fraction of sp³-hybridized carbons (Fsp3) is 0.130. The number of carbonyl (C=O) groups excluding carboxylic acids is 1. The van der Waals surface area contributed by atoms with E-state index in [1.807, 2.05) is 25.1 Å². The third-order valence-corrected chi connectivity index (χ3v) is 5.34. The van der Waals surface area contributed by atoms with Gasteiger partial charge >= 0.3 is 0 Å². The summed E-state index contributed by atoms with van der Waals surface area (Å²) in [6, 6.07) is 17.8. The van der Waals surface area contributed by atoms with Crippen molar-refractivity contribution in [1.82, 2.24) is 5.43 Å². The molecular weight excluding hydrogens is 503 g/mol. The molecule has 5 nitrogen and oxygen atoms in total. The SMILES string of the molecule is CCOc1cc(/C=N\NC(=O)c2cccc(Br)c2)ccc1OCc1ccc(Cl)c(Cl)c1. The molecule has 0 aliphatic rings. The number of hydrazone groups is 1. The summed E-state index contributed by atoms with van der Waals surface area (Å²) in [4.78, 5) is 12.2. The maximum atomic E-state index is 12.2. The molecule has 1 N–H and O–H groups in total. The molecule has 0 atom stereocenters. The van der Waals surface area contributed by atoms with Crippen molar-refractivity contribution in [2.24, 2.45) is 5.10 Å². The largest absolute Gasteiger partial charge is 0.490 e. The van der Waals surface area contributed by atoms with Crippen LogP contribution in [0.25, 0.3) is 0 Å². The molecule has 0 heterocycles. The maximum absolute atomic E-state index is 12.2. The molecule has 0 bridgehead atoms. The van der Waals surface area contributed by atoms with Crippen molar-refractivity contribution in [2.75, 3.05) is 6.61 Å². The lowest BCUT2D eigenvalue weighted by Crippen LogP contribution is -2.17. The van der Waals surface area contributed by atoms with Crippen molar-refractivity contribution in [3.63, 3.8) is 0 Å². The Morgan fingerprint density at radius 3 is 2.61 bits per heavy atom. The summed E-state index contributed by atoms with van der Waals surface area (Å²) in [5.74, 6) is 0.859. The molecule has 31 heavy (non-hydrogen) atoms. The molecule has 3 aromatic carbocycles. The lowest BCUT2D eigenvalue weighted by Gasteiger charge is -2.13. The maximum Gasteiger partial charge on any atom is 0.271 e. The molecule has 3 rings (SSSR count). The Balaban J connectivity index is 1.66. The van der Waals surface area contributed by atoms with Crippen LogP contribution in [0.15, 0.2) is 70.2 Å². The van der Waals surface area contributed by atoms with E-state index in [1.54, 1.807) is 48.7 Å². The normalized spacial score (nSPS) is 10.8. The number of hydrogen-bond acceptors (Lipinski definition) is 4. The van der Waals surface area contributed by atoms with Crippen LogP contribution in [0.2, 0.25) is 10.0 Å². The van der Waals surface area contributed by atoms with Gasteiger partial charge in [0.15, 0.2) is 11.5 Å². The Labute approximate surface area is 199 Å². The number of halogens is 3. The summed E-state index contributed by atoms with van der Waals surface area (Å²) in [6.07, 6.45) is 1.54. The minimum absolute atomic E-state index is 0.302. The summed E-state index contributed by atoms with van der Waals surface area (Å²) in [5, 5.41) is 5.00. The average Bonchev–Trinajstić information content (AvgIpc) is 2.75. The predicted octanol–water partition coefficient (Wildman–Crippen LogP) is 6.50. The zero-order valence-electron chi connectivity index (χ0n) is 16.6. The molecule has 0 saturated heterocycles. The standard InChI is InChI=1S/C23H19BrCl2N2O3/c1-2-30-22-11-15(13-27-28-23(29)17-4-3-5-18(24)12-17)7-9-21(22)31-14-16-6-8-19(25)20(26)10-16/h3-13H,2,14H2,1H3,(H,28,29)/b27-13-. The van der Waals surface area contributed by atoms with E-state index in [4.69, 9.17) is 32.7 Å². The Bertz CT molecular complexity index is 1110. The van der Waals surface area contributed by atoms with Crippen molar-refractivity contribution >= 4 is 51.3 Å². The van der Waals surface area contributed by atoms with E-state index in [9.17, 15) is 4.79 Å². The Hall–Kier alpha value is -2.54. The first-order chi connectivity index (χ1) is 15.0. The quantitative estimate of drug-likeness (QED) is 0.272. The van der Waals surface area contributed by atoms with E-state index in [1.165, 1.54) is 0 Å². The summed E-state index contributed by atoms with van der Waals surface area (Å²) in [6.45, 7) is 2.68. The number of nitrogens with zero attached hydrogens (tertiary/aromatic N) is 1. The summed E-state index contributed by atoms with van der Waals surface area (Å²) >= 11 is 15.3. The van der Waals surface area contributed by atoms with Gasteiger partial charge in [0.25, 0.3) is 5.91 Å². The minimum atomic E-state index is -0.302. The van der Waals surface area contributed by atoms with Crippen molar-refractivity contribution in [3.8, 4) is 11.5 Å². The predicted molar refractivity (Wildman–Crippen MR) is 128 cm³/mol. The summed E-state index contributed by atoms with van der Waals surface area (Å²) in [5.41, 5.74) is 4.66. The van der Waals surface area contributed by atoms with Gasteiger partial charge in [0.2, 0.25) is 0 Å². The highest BCUT2D eigenvalue weighted by Crippen LogP contribution is 2.30. The first-order valence-corrected chi connectivity index (χ1v) is 10.9. The first kappa shape index (κ1) is 23.1. The van der Waals surface area contributed by atoms with Gasteiger partial charge in [-0.1, -0.05) is 51.3 Å². The minimum Gasteiger partial charge on any atom is -0.490 e. The highest BCUT2D eigenvalue weighted by Gasteiger charge is 2.08. The van der Waals surface area contributed by atoms with E-state index in [0.29, 0.717) is 40.3 Å². The fourth-order valence-corrected chi connectivity index (χ4v) is 3.36. The fourth-order valence-electron chi connectivity index (χ4n) is 2.64. The molecule has 160 valence electrons. The highest BCUT2D eigenvalue weighted by atomic mass is 79.9. The van der Waals surface area contributed by atoms with Crippen LogP contribution in [-0.2, 0) is 6.61 Å². The van der Waals surface area contributed by atoms with Crippen LogP contribution in [0, 0.1) is 0 Å².